The molecule has 0 saturated carbocycles. The van der Waals surface area contributed by atoms with Crippen LogP contribution in [-0.4, -0.2) is 30.6 Å². The van der Waals surface area contributed by atoms with Gasteiger partial charge in [0.25, 0.3) is 0 Å². The Morgan fingerprint density at radius 3 is 2.78 bits per heavy atom. The highest BCUT2D eigenvalue weighted by Crippen LogP contribution is 2.22. The minimum absolute atomic E-state index is 0.555. The molecular weight excluding hydrogens is 335 g/mol. The van der Waals surface area contributed by atoms with Crippen LogP contribution in [0, 0.1) is 9.49 Å². The predicted molar refractivity (Wildman–Crippen MR) is 87.1 cm³/mol. The van der Waals surface area contributed by atoms with Gasteiger partial charge in [-0.2, -0.15) is 0 Å². The molecule has 0 spiro atoms. The van der Waals surface area contributed by atoms with Crippen LogP contribution < -0.4 is 5.32 Å². The quantitative estimate of drug-likeness (QED) is 0.824. The Labute approximate surface area is 124 Å². The maximum absolute atomic E-state index is 3.65. The van der Waals surface area contributed by atoms with E-state index >= 15 is 0 Å². The summed E-state index contributed by atoms with van der Waals surface area (Å²) in [5, 5.41) is 3.65. The van der Waals surface area contributed by atoms with Gasteiger partial charge in [0.1, 0.15) is 0 Å². The predicted octanol–water partition coefficient (Wildman–Crippen LogP) is 3.82. The number of hydrogen-bond acceptors (Lipinski definition) is 2. The molecule has 1 fully saturated rings. The summed E-state index contributed by atoms with van der Waals surface area (Å²) in [6.45, 7) is 8.30. The van der Waals surface area contributed by atoms with Crippen LogP contribution in [0.15, 0.2) is 24.3 Å². The van der Waals surface area contributed by atoms with Gasteiger partial charge in [0.15, 0.2) is 0 Å². The molecule has 1 aliphatic heterocycles. The first-order chi connectivity index (χ1) is 8.69. The minimum atomic E-state index is 0.555. The van der Waals surface area contributed by atoms with E-state index < -0.39 is 0 Å². The Morgan fingerprint density at radius 1 is 1.39 bits per heavy atom. The first-order valence-electron chi connectivity index (χ1n) is 6.93. The van der Waals surface area contributed by atoms with Gasteiger partial charge < -0.3 is 10.2 Å². The number of nitrogens with zero attached hydrogens (tertiary/aromatic N) is 1. The average Bonchev–Trinajstić information content (AvgIpc) is 2.41. The maximum Gasteiger partial charge on any atom is 0.0343 e. The Morgan fingerprint density at radius 2 is 2.11 bits per heavy atom. The van der Waals surface area contributed by atoms with Crippen molar-refractivity contribution in [2.45, 2.75) is 32.7 Å². The standard InChI is InChI=1S/C15H23IN2/c1-3-18-10-4-5-13(11-18)12(2)17-15-8-6-14(16)7-9-15/h6-9,12-13,17H,3-5,10-11H2,1-2H3. The van der Waals surface area contributed by atoms with Crippen LogP contribution in [0.5, 0.6) is 0 Å². The lowest BCUT2D eigenvalue weighted by Crippen LogP contribution is -2.41. The van der Waals surface area contributed by atoms with Gasteiger partial charge in [-0.25, -0.2) is 0 Å². The second kappa shape index (κ2) is 6.75. The number of anilines is 1. The van der Waals surface area contributed by atoms with Crippen LogP contribution in [0.3, 0.4) is 0 Å². The van der Waals surface area contributed by atoms with Crippen molar-refractivity contribution in [2.24, 2.45) is 5.92 Å². The molecule has 0 bridgehead atoms. The van der Waals surface area contributed by atoms with Gasteiger partial charge >= 0.3 is 0 Å². The monoisotopic (exact) mass is 358 g/mol. The topological polar surface area (TPSA) is 15.3 Å². The second-order valence-electron chi connectivity index (χ2n) is 5.24. The number of piperidine rings is 1. The summed E-state index contributed by atoms with van der Waals surface area (Å²) in [6, 6.07) is 9.24. The van der Waals surface area contributed by atoms with Gasteiger partial charge in [-0.05, 0) is 85.6 Å². The highest BCUT2D eigenvalue weighted by atomic mass is 127. The smallest absolute Gasteiger partial charge is 0.0343 e. The summed E-state index contributed by atoms with van der Waals surface area (Å²) >= 11 is 2.35. The summed E-state index contributed by atoms with van der Waals surface area (Å²) in [4.78, 5) is 2.57. The van der Waals surface area contributed by atoms with E-state index in [0.717, 1.165) is 5.92 Å². The van der Waals surface area contributed by atoms with Gasteiger partial charge in [0.05, 0.1) is 0 Å². The molecule has 0 radical (unpaired) electrons. The highest BCUT2D eigenvalue weighted by Gasteiger charge is 2.23. The molecule has 1 N–H and O–H groups in total. The molecule has 1 aromatic rings. The normalized spacial score (nSPS) is 22.7. The Hall–Kier alpha value is -0.290. The van der Waals surface area contributed by atoms with Crippen LogP contribution in [0.1, 0.15) is 26.7 Å². The molecule has 0 aromatic heterocycles. The van der Waals surface area contributed by atoms with Crippen molar-refractivity contribution < 1.29 is 0 Å². The van der Waals surface area contributed by atoms with E-state index in [1.165, 1.54) is 41.7 Å². The molecular formula is C15H23IN2. The summed E-state index contributed by atoms with van der Waals surface area (Å²) < 4.78 is 1.29. The van der Waals surface area contributed by atoms with Crippen molar-refractivity contribution in [1.29, 1.82) is 0 Å². The van der Waals surface area contributed by atoms with Crippen molar-refractivity contribution in [3.63, 3.8) is 0 Å². The van der Waals surface area contributed by atoms with Crippen molar-refractivity contribution in [1.82, 2.24) is 4.90 Å². The zero-order chi connectivity index (χ0) is 13.0. The fourth-order valence-electron chi connectivity index (χ4n) is 2.71. The van der Waals surface area contributed by atoms with Crippen LogP contribution in [0.4, 0.5) is 5.69 Å². The molecule has 0 amide bonds. The van der Waals surface area contributed by atoms with E-state index in [1.54, 1.807) is 0 Å². The van der Waals surface area contributed by atoms with E-state index in [4.69, 9.17) is 0 Å². The van der Waals surface area contributed by atoms with E-state index in [9.17, 15) is 0 Å². The largest absolute Gasteiger partial charge is 0.382 e. The molecule has 1 aliphatic rings. The first kappa shape index (κ1) is 14.1. The molecule has 2 rings (SSSR count). The van der Waals surface area contributed by atoms with Crippen LogP contribution >= 0.6 is 22.6 Å². The average molecular weight is 358 g/mol. The third kappa shape index (κ3) is 3.85. The lowest BCUT2D eigenvalue weighted by molar-refractivity contribution is 0.172. The van der Waals surface area contributed by atoms with Crippen molar-refractivity contribution in [3.8, 4) is 0 Å². The van der Waals surface area contributed by atoms with E-state index in [1.807, 2.05) is 0 Å². The second-order valence-corrected chi connectivity index (χ2v) is 6.48. The Balaban J connectivity index is 1.90. The number of benzene rings is 1. The van der Waals surface area contributed by atoms with Gasteiger partial charge in [-0.1, -0.05) is 6.92 Å². The number of halogens is 1. The van der Waals surface area contributed by atoms with Crippen molar-refractivity contribution >= 4 is 28.3 Å². The molecule has 0 aliphatic carbocycles. The molecule has 18 heavy (non-hydrogen) atoms. The highest BCUT2D eigenvalue weighted by molar-refractivity contribution is 14.1. The molecule has 1 heterocycles. The van der Waals surface area contributed by atoms with Crippen molar-refractivity contribution in [3.05, 3.63) is 27.8 Å². The molecule has 2 unspecified atom stereocenters. The fraction of sp³-hybridized carbons (Fsp3) is 0.600. The molecule has 3 heteroatoms. The number of likely N-dealkylation sites (tertiary alicyclic amines) is 1. The maximum atomic E-state index is 3.65. The molecule has 2 atom stereocenters. The molecule has 1 saturated heterocycles. The third-order valence-electron chi connectivity index (χ3n) is 3.93. The molecule has 100 valence electrons. The Bertz CT molecular complexity index is 363. The van der Waals surface area contributed by atoms with Gasteiger partial charge in [0.2, 0.25) is 0 Å². The van der Waals surface area contributed by atoms with E-state index in [0.29, 0.717) is 6.04 Å². The Kier molecular flexibility index (Phi) is 5.30. The first-order valence-corrected chi connectivity index (χ1v) is 8.01. The van der Waals surface area contributed by atoms with E-state index in [2.05, 4.69) is 70.9 Å². The fourth-order valence-corrected chi connectivity index (χ4v) is 3.07. The molecule has 1 aromatic carbocycles. The number of rotatable bonds is 4. The SMILES string of the molecule is CCN1CCCC(C(C)Nc2ccc(I)cc2)C1. The molecule has 2 nitrogen and oxygen atoms in total. The third-order valence-corrected chi connectivity index (χ3v) is 4.65. The van der Waals surface area contributed by atoms with Gasteiger partial charge in [-0.3, -0.25) is 0 Å². The minimum Gasteiger partial charge on any atom is -0.382 e. The lowest BCUT2D eigenvalue weighted by atomic mass is 9.91. The van der Waals surface area contributed by atoms with Gasteiger partial charge in [0, 0.05) is 21.8 Å². The van der Waals surface area contributed by atoms with Crippen LogP contribution in [-0.2, 0) is 0 Å². The number of hydrogen-bond donors (Lipinski definition) is 1. The zero-order valence-electron chi connectivity index (χ0n) is 11.3. The lowest BCUT2D eigenvalue weighted by Gasteiger charge is -2.35. The summed E-state index contributed by atoms with van der Waals surface area (Å²) in [7, 11) is 0. The summed E-state index contributed by atoms with van der Waals surface area (Å²) in [5.74, 6) is 0.776. The van der Waals surface area contributed by atoms with Crippen LogP contribution in [0.25, 0.3) is 0 Å². The summed E-state index contributed by atoms with van der Waals surface area (Å²) in [6.07, 6.45) is 2.70. The zero-order valence-corrected chi connectivity index (χ0v) is 13.5. The summed E-state index contributed by atoms with van der Waals surface area (Å²) in [5.41, 5.74) is 1.25. The van der Waals surface area contributed by atoms with Gasteiger partial charge in [-0.15, -0.1) is 0 Å². The van der Waals surface area contributed by atoms with Crippen molar-refractivity contribution in [2.75, 3.05) is 25.0 Å². The number of nitrogens with one attached hydrogen (secondary N) is 1. The van der Waals surface area contributed by atoms with Crippen LogP contribution in [0.2, 0.25) is 0 Å². The van der Waals surface area contributed by atoms with E-state index in [-0.39, 0.29) is 0 Å².